The Morgan fingerprint density at radius 3 is 2.96 bits per heavy atom. The molecule has 3 aromatic heterocycles. The molecule has 6 nitrogen and oxygen atoms in total. The maximum atomic E-state index is 8.86. The molecular weight excluding hydrogens is 288 g/mol. The normalized spacial score (nSPS) is 18.0. The van der Waals surface area contributed by atoms with Crippen LogP contribution in [-0.2, 0) is 0 Å². The highest BCUT2D eigenvalue weighted by Gasteiger charge is 2.25. The van der Waals surface area contributed by atoms with Crippen molar-refractivity contribution in [2.75, 3.05) is 18.0 Å². The summed E-state index contributed by atoms with van der Waals surface area (Å²) in [5.74, 6) is 1.36. The number of fused-ring (bicyclic) bond motifs is 1. The quantitative estimate of drug-likeness (QED) is 0.727. The number of aromatic nitrogens is 4. The minimum atomic E-state index is 0.344. The first kappa shape index (κ1) is 13.7. The van der Waals surface area contributed by atoms with Gasteiger partial charge in [-0.15, -0.1) is 10.2 Å². The minimum absolute atomic E-state index is 0.344. The summed E-state index contributed by atoms with van der Waals surface area (Å²) in [6, 6.07) is 11.7. The zero-order valence-electron chi connectivity index (χ0n) is 12.6. The van der Waals surface area contributed by atoms with Crippen LogP contribution in [-0.4, -0.2) is 32.7 Å². The number of nitriles is 1. The highest BCUT2D eigenvalue weighted by atomic mass is 15.3. The summed E-state index contributed by atoms with van der Waals surface area (Å²) in [5.41, 5.74) is 2.40. The number of anilines is 1. The van der Waals surface area contributed by atoms with Crippen molar-refractivity contribution in [3.8, 4) is 6.07 Å². The number of piperidine rings is 1. The molecule has 1 saturated heterocycles. The van der Waals surface area contributed by atoms with Crippen LogP contribution in [0.25, 0.3) is 5.65 Å². The van der Waals surface area contributed by atoms with Gasteiger partial charge >= 0.3 is 0 Å². The second-order valence-corrected chi connectivity index (χ2v) is 5.79. The largest absolute Gasteiger partial charge is 0.370 e. The summed E-state index contributed by atoms with van der Waals surface area (Å²) >= 11 is 0. The second-order valence-electron chi connectivity index (χ2n) is 5.79. The summed E-state index contributed by atoms with van der Waals surface area (Å²) in [7, 11) is 0. The third-order valence-electron chi connectivity index (χ3n) is 4.35. The molecule has 0 spiro atoms. The zero-order valence-corrected chi connectivity index (χ0v) is 12.6. The van der Waals surface area contributed by atoms with Gasteiger partial charge in [-0.2, -0.15) is 5.26 Å². The molecule has 1 atom stereocenters. The smallest absolute Gasteiger partial charge is 0.160 e. The van der Waals surface area contributed by atoms with Crippen molar-refractivity contribution < 1.29 is 0 Å². The summed E-state index contributed by atoms with van der Waals surface area (Å²) < 4.78 is 2.07. The summed E-state index contributed by atoms with van der Waals surface area (Å²) in [5, 5.41) is 17.5. The third-order valence-corrected chi connectivity index (χ3v) is 4.35. The molecule has 4 heterocycles. The first-order valence-electron chi connectivity index (χ1n) is 7.76. The van der Waals surface area contributed by atoms with Crippen LogP contribution in [0.2, 0.25) is 0 Å². The van der Waals surface area contributed by atoms with Crippen molar-refractivity contribution >= 4 is 11.3 Å². The van der Waals surface area contributed by atoms with E-state index >= 15 is 0 Å². The average molecular weight is 304 g/mol. The van der Waals surface area contributed by atoms with E-state index in [4.69, 9.17) is 5.26 Å². The van der Waals surface area contributed by atoms with Gasteiger partial charge in [0.25, 0.3) is 0 Å². The first-order chi connectivity index (χ1) is 11.3. The lowest BCUT2D eigenvalue weighted by Gasteiger charge is -2.33. The Labute approximate surface area is 134 Å². The van der Waals surface area contributed by atoms with Gasteiger partial charge in [0.15, 0.2) is 5.65 Å². The summed E-state index contributed by atoms with van der Waals surface area (Å²) in [4.78, 5) is 6.49. The van der Waals surface area contributed by atoms with E-state index in [0.717, 1.165) is 43.1 Å². The Morgan fingerprint density at radius 1 is 1.17 bits per heavy atom. The molecule has 1 fully saturated rings. The molecule has 3 aromatic rings. The molecule has 0 amide bonds. The topological polar surface area (TPSA) is 70.1 Å². The third kappa shape index (κ3) is 2.50. The first-order valence-corrected chi connectivity index (χ1v) is 7.76. The number of hydrogen-bond acceptors (Lipinski definition) is 5. The number of nitrogens with zero attached hydrogens (tertiary/aromatic N) is 6. The molecule has 23 heavy (non-hydrogen) atoms. The zero-order chi connectivity index (χ0) is 15.6. The van der Waals surface area contributed by atoms with Crippen molar-refractivity contribution in [2.24, 2.45) is 0 Å². The number of pyridine rings is 2. The lowest BCUT2D eigenvalue weighted by atomic mass is 9.97. The summed E-state index contributed by atoms with van der Waals surface area (Å²) in [6.45, 7) is 1.89. The molecule has 0 saturated carbocycles. The molecule has 1 aliphatic heterocycles. The molecule has 1 unspecified atom stereocenters. The Bertz CT molecular complexity index is 861. The molecule has 0 bridgehead atoms. The fourth-order valence-electron chi connectivity index (χ4n) is 3.20. The van der Waals surface area contributed by atoms with Crippen LogP contribution >= 0.6 is 0 Å². The predicted octanol–water partition coefficient (Wildman–Crippen LogP) is 2.38. The van der Waals surface area contributed by atoms with Gasteiger partial charge in [0.1, 0.15) is 17.6 Å². The van der Waals surface area contributed by atoms with Crippen molar-refractivity contribution in [2.45, 2.75) is 18.8 Å². The van der Waals surface area contributed by atoms with Crippen molar-refractivity contribution in [3.63, 3.8) is 0 Å². The van der Waals surface area contributed by atoms with E-state index in [1.807, 2.05) is 30.5 Å². The lowest BCUT2D eigenvalue weighted by molar-refractivity contribution is 0.488. The fourth-order valence-corrected chi connectivity index (χ4v) is 3.20. The Morgan fingerprint density at radius 2 is 2.13 bits per heavy atom. The Kier molecular flexibility index (Phi) is 3.39. The van der Waals surface area contributed by atoms with Crippen molar-refractivity contribution in [1.82, 2.24) is 19.6 Å². The Balaban J connectivity index is 1.60. The maximum absolute atomic E-state index is 8.86. The molecule has 0 aliphatic carbocycles. The van der Waals surface area contributed by atoms with Crippen LogP contribution in [0, 0.1) is 11.3 Å². The monoisotopic (exact) mass is 304 g/mol. The van der Waals surface area contributed by atoms with Crippen LogP contribution in [0.3, 0.4) is 0 Å². The van der Waals surface area contributed by atoms with Crippen molar-refractivity contribution in [3.05, 3.63) is 54.2 Å². The van der Waals surface area contributed by atoms with Gasteiger partial charge < -0.3 is 4.90 Å². The van der Waals surface area contributed by atoms with E-state index in [0.29, 0.717) is 11.6 Å². The SMILES string of the molecule is N#Cc1ccc(N2CCCC(c3nnc4ccccn34)C2)cn1. The van der Waals surface area contributed by atoms with Gasteiger partial charge in [-0.3, -0.25) is 4.40 Å². The molecule has 6 heteroatoms. The van der Waals surface area contributed by atoms with E-state index in [-0.39, 0.29) is 0 Å². The predicted molar refractivity (Wildman–Crippen MR) is 86.1 cm³/mol. The molecular formula is C17H16N6. The molecule has 0 N–H and O–H groups in total. The Hall–Kier alpha value is -2.94. The van der Waals surface area contributed by atoms with Crippen LogP contribution in [0.1, 0.15) is 30.3 Å². The van der Waals surface area contributed by atoms with Crippen LogP contribution in [0.5, 0.6) is 0 Å². The fraction of sp³-hybridized carbons (Fsp3) is 0.294. The average Bonchev–Trinajstić information content (AvgIpc) is 3.06. The molecule has 0 radical (unpaired) electrons. The molecule has 114 valence electrons. The van der Waals surface area contributed by atoms with Gasteiger partial charge in [0.2, 0.25) is 0 Å². The number of rotatable bonds is 2. The van der Waals surface area contributed by atoms with Gasteiger partial charge in [-0.25, -0.2) is 4.98 Å². The summed E-state index contributed by atoms with van der Waals surface area (Å²) in [6.07, 6.45) is 6.01. The molecule has 0 aromatic carbocycles. The lowest BCUT2D eigenvalue weighted by Crippen LogP contribution is -2.35. The minimum Gasteiger partial charge on any atom is -0.370 e. The second kappa shape index (κ2) is 5.69. The molecule has 1 aliphatic rings. The van der Waals surface area contributed by atoms with Gasteiger partial charge in [-0.05, 0) is 37.1 Å². The highest BCUT2D eigenvalue weighted by molar-refractivity contribution is 5.47. The molecule has 4 rings (SSSR count). The highest BCUT2D eigenvalue weighted by Crippen LogP contribution is 2.29. The van der Waals surface area contributed by atoms with Gasteiger partial charge in [0, 0.05) is 25.2 Å². The van der Waals surface area contributed by atoms with Gasteiger partial charge in [0.05, 0.1) is 11.9 Å². The van der Waals surface area contributed by atoms with Crippen LogP contribution in [0.4, 0.5) is 5.69 Å². The van der Waals surface area contributed by atoms with E-state index in [1.54, 1.807) is 12.3 Å². The van der Waals surface area contributed by atoms with Crippen molar-refractivity contribution in [1.29, 1.82) is 5.26 Å². The standard InChI is InChI=1S/C17H16N6/c18-10-14-6-7-15(11-19-14)22-8-3-4-13(12-22)17-21-20-16-5-1-2-9-23(16)17/h1-2,5-7,9,11,13H,3-4,8,12H2. The van der Waals surface area contributed by atoms with E-state index in [1.165, 1.54) is 0 Å². The van der Waals surface area contributed by atoms with Gasteiger partial charge in [-0.1, -0.05) is 6.07 Å². The van der Waals surface area contributed by atoms with Crippen LogP contribution < -0.4 is 4.90 Å². The van der Waals surface area contributed by atoms with E-state index in [2.05, 4.69) is 30.6 Å². The maximum Gasteiger partial charge on any atom is 0.160 e. The number of hydrogen-bond donors (Lipinski definition) is 0. The van der Waals surface area contributed by atoms with E-state index < -0.39 is 0 Å². The van der Waals surface area contributed by atoms with E-state index in [9.17, 15) is 0 Å². The van der Waals surface area contributed by atoms with Crippen LogP contribution in [0.15, 0.2) is 42.7 Å².